The molecule has 0 saturated carbocycles. The van der Waals surface area contributed by atoms with Crippen molar-refractivity contribution >= 4 is 12.1 Å². The topological polar surface area (TPSA) is 78.9 Å². The van der Waals surface area contributed by atoms with Crippen LogP contribution in [0.4, 0.5) is 9.18 Å². The summed E-state index contributed by atoms with van der Waals surface area (Å²) < 4.78 is 19.1. The number of amides is 1. The van der Waals surface area contributed by atoms with Gasteiger partial charge in [0, 0.05) is 25.6 Å². The van der Waals surface area contributed by atoms with Gasteiger partial charge in [-0.25, -0.2) is 14.0 Å². The lowest BCUT2D eigenvalue weighted by atomic mass is 9.87. The van der Waals surface area contributed by atoms with Crippen molar-refractivity contribution in [3.05, 3.63) is 95.3 Å². The third-order valence-electron chi connectivity index (χ3n) is 7.10. The van der Waals surface area contributed by atoms with Crippen molar-refractivity contribution in [3.63, 3.8) is 0 Å². The van der Waals surface area contributed by atoms with Crippen molar-refractivity contribution in [2.45, 2.75) is 30.8 Å². The summed E-state index contributed by atoms with van der Waals surface area (Å²) in [6.07, 6.45) is -0.253. The third kappa shape index (κ3) is 4.64. The summed E-state index contributed by atoms with van der Waals surface area (Å²) >= 11 is 0. The maximum absolute atomic E-state index is 13.5. The molecule has 1 saturated heterocycles. The number of carbonyl (C=O) groups excluding carboxylic acids is 1. The van der Waals surface area contributed by atoms with Gasteiger partial charge in [-0.05, 0) is 52.8 Å². The van der Waals surface area contributed by atoms with Gasteiger partial charge in [-0.3, -0.25) is 4.90 Å². The maximum Gasteiger partial charge on any atom is 0.408 e. The molecule has 1 aliphatic heterocycles. The molecule has 0 aromatic heterocycles. The van der Waals surface area contributed by atoms with Gasteiger partial charge in [0.05, 0.1) is 0 Å². The minimum Gasteiger partial charge on any atom is -0.480 e. The van der Waals surface area contributed by atoms with Crippen molar-refractivity contribution in [1.29, 1.82) is 0 Å². The summed E-state index contributed by atoms with van der Waals surface area (Å²) in [4.78, 5) is 27.0. The molecular weight excluding hydrogens is 447 g/mol. The Balaban J connectivity index is 1.22. The van der Waals surface area contributed by atoms with E-state index in [0.717, 1.165) is 27.8 Å². The van der Waals surface area contributed by atoms with Crippen LogP contribution in [-0.4, -0.2) is 47.3 Å². The average molecular weight is 475 g/mol. The van der Waals surface area contributed by atoms with Crippen LogP contribution in [0.25, 0.3) is 11.1 Å². The number of hydrogen-bond donors (Lipinski definition) is 2. The van der Waals surface area contributed by atoms with E-state index in [2.05, 4.69) is 22.3 Å². The van der Waals surface area contributed by atoms with E-state index in [0.29, 0.717) is 19.6 Å². The molecule has 0 bridgehead atoms. The number of likely N-dealkylation sites (tertiary alicyclic amines) is 1. The molecule has 0 radical (unpaired) electrons. The molecule has 6 nitrogen and oxygen atoms in total. The summed E-state index contributed by atoms with van der Waals surface area (Å²) in [5, 5.41) is 12.6. The molecule has 1 amide bonds. The quantitative estimate of drug-likeness (QED) is 0.537. The van der Waals surface area contributed by atoms with Crippen molar-refractivity contribution in [2.75, 3.05) is 19.7 Å². The normalized spacial score (nSPS) is 16.8. The molecule has 1 aliphatic carbocycles. The first-order valence-corrected chi connectivity index (χ1v) is 11.8. The number of carboxylic acids is 1. The van der Waals surface area contributed by atoms with Crippen LogP contribution in [0.15, 0.2) is 72.8 Å². The Bertz CT molecular complexity index is 1210. The SMILES string of the molecule is O=C(NC1(C(=O)O)CCN(Cc2cccc(F)c2)CC1)OCC1c2ccccc2-c2ccccc21. The predicted molar refractivity (Wildman–Crippen MR) is 129 cm³/mol. The van der Waals surface area contributed by atoms with Crippen LogP contribution >= 0.6 is 0 Å². The van der Waals surface area contributed by atoms with Crippen LogP contribution in [0.3, 0.4) is 0 Å². The molecule has 0 unspecified atom stereocenters. The first-order chi connectivity index (χ1) is 16.9. The fourth-order valence-corrected chi connectivity index (χ4v) is 5.21. The Hall–Kier alpha value is -3.71. The Labute approximate surface area is 203 Å². The van der Waals surface area contributed by atoms with E-state index in [9.17, 15) is 19.1 Å². The number of halogens is 1. The highest BCUT2D eigenvalue weighted by Gasteiger charge is 2.43. The van der Waals surface area contributed by atoms with Gasteiger partial charge in [0.2, 0.25) is 0 Å². The molecule has 2 aliphatic rings. The second-order valence-corrected chi connectivity index (χ2v) is 9.24. The van der Waals surface area contributed by atoms with Crippen LogP contribution in [-0.2, 0) is 16.1 Å². The van der Waals surface area contributed by atoms with Crippen molar-refractivity contribution < 1.29 is 23.8 Å². The molecule has 1 fully saturated rings. The number of rotatable bonds is 6. The van der Waals surface area contributed by atoms with E-state index in [1.165, 1.54) is 12.1 Å². The molecular formula is C28H27FN2O4. The summed E-state index contributed by atoms with van der Waals surface area (Å²) in [6, 6.07) is 22.5. The Morgan fingerprint density at radius 3 is 2.20 bits per heavy atom. The lowest BCUT2D eigenvalue weighted by Gasteiger charge is -2.39. The monoisotopic (exact) mass is 474 g/mol. The van der Waals surface area contributed by atoms with Crippen molar-refractivity contribution in [3.8, 4) is 11.1 Å². The second-order valence-electron chi connectivity index (χ2n) is 9.24. The fourth-order valence-electron chi connectivity index (χ4n) is 5.21. The second kappa shape index (κ2) is 9.50. The van der Waals surface area contributed by atoms with Gasteiger partial charge in [-0.15, -0.1) is 0 Å². The molecule has 3 aromatic carbocycles. The molecule has 0 atom stereocenters. The first-order valence-electron chi connectivity index (χ1n) is 11.8. The molecule has 180 valence electrons. The molecule has 3 aromatic rings. The largest absolute Gasteiger partial charge is 0.480 e. The number of aliphatic carboxylic acids is 1. The van der Waals surface area contributed by atoms with Gasteiger partial charge in [-0.1, -0.05) is 60.7 Å². The lowest BCUT2D eigenvalue weighted by Crippen LogP contribution is -2.60. The van der Waals surface area contributed by atoms with E-state index in [-0.39, 0.29) is 31.2 Å². The number of nitrogens with zero attached hydrogens (tertiary/aromatic N) is 1. The highest BCUT2D eigenvalue weighted by atomic mass is 19.1. The molecule has 1 heterocycles. The predicted octanol–water partition coefficient (Wildman–Crippen LogP) is 4.78. The molecule has 2 N–H and O–H groups in total. The van der Waals surface area contributed by atoms with E-state index in [4.69, 9.17) is 4.74 Å². The van der Waals surface area contributed by atoms with Gasteiger partial charge >= 0.3 is 12.1 Å². The number of carbonyl (C=O) groups is 2. The van der Waals surface area contributed by atoms with Crippen molar-refractivity contribution in [1.82, 2.24) is 10.2 Å². The first kappa shape index (κ1) is 23.1. The smallest absolute Gasteiger partial charge is 0.408 e. The van der Waals surface area contributed by atoms with E-state index in [1.54, 1.807) is 6.07 Å². The Morgan fingerprint density at radius 2 is 1.60 bits per heavy atom. The number of carboxylic acid groups (broad SMARTS) is 1. The lowest BCUT2D eigenvalue weighted by molar-refractivity contribution is -0.147. The van der Waals surface area contributed by atoms with Crippen LogP contribution in [0.5, 0.6) is 0 Å². The highest BCUT2D eigenvalue weighted by Crippen LogP contribution is 2.44. The minimum atomic E-state index is -1.39. The molecule has 7 heteroatoms. The summed E-state index contributed by atoms with van der Waals surface area (Å²) in [5.74, 6) is -1.46. The van der Waals surface area contributed by atoms with E-state index >= 15 is 0 Å². The third-order valence-corrected chi connectivity index (χ3v) is 7.10. The molecule has 5 rings (SSSR count). The zero-order valence-corrected chi connectivity index (χ0v) is 19.2. The maximum atomic E-state index is 13.5. The van der Waals surface area contributed by atoms with Crippen LogP contribution in [0, 0.1) is 5.82 Å². The number of nitrogens with one attached hydrogen (secondary N) is 1. The van der Waals surface area contributed by atoms with Gasteiger partial charge < -0.3 is 15.2 Å². The van der Waals surface area contributed by atoms with Crippen LogP contribution in [0.1, 0.15) is 35.4 Å². The van der Waals surface area contributed by atoms with Gasteiger partial charge in [0.25, 0.3) is 0 Å². The highest BCUT2D eigenvalue weighted by molar-refractivity contribution is 5.85. The standard InChI is InChI=1S/C28H27FN2O4/c29-20-7-5-6-19(16-20)17-31-14-12-28(13-15-31,26(32)33)30-27(34)35-18-25-23-10-3-1-8-21(23)22-9-2-4-11-24(22)25/h1-11,16,25H,12-15,17-18H2,(H,30,34)(H,32,33). The number of piperidine rings is 1. The summed E-state index contributed by atoms with van der Waals surface area (Å²) in [5.41, 5.74) is 3.90. The van der Waals surface area contributed by atoms with E-state index < -0.39 is 17.6 Å². The summed E-state index contributed by atoms with van der Waals surface area (Å²) in [7, 11) is 0. The van der Waals surface area contributed by atoms with E-state index in [1.807, 2.05) is 42.5 Å². The number of hydrogen-bond acceptors (Lipinski definition) is 4. The summed E-state index contributed by atoms with van der Waals surface area (Å²) in [6.45, 7) is 1.58. The number of alkyl carbamates (subject to hydrolysis) is 1. The minimum absolute atomic E-state index is 0.0953. The average Bonchev–Trinajstić information content (AvgIpc) is 3.18. The van der Waals surface area contributed by atoms with Crippen molar-refractivity contribution in [2.24, 2.45) is 0 Å². The number of fused-ring (bicyclic) bond motifs is 3. The molecule has 0 spiro atoms. The Kier molecular flexibility index (Phi) is 6.26. The zero-order chi connectivity index (χ0) is 24.4. The number of ether oxygens (including phenoxy) is 1. The fraction of sp³-hybridized carbons (Fsp3) is 0.286. The van der Waals surface area contributed by atoms with Crippen LogP contribution in [0.2, 0.25) is 0 Å². The van der Waals surface area contributed by atoms with Gasteiger partial charge in [0.1, 0.15) is 18.0 Å². The van der Waals surface area contributed by atoms with Crippen LogP contribution < -0.4 is 5.32 Å². The zero-order valence-electron chi connectivity index (χ0n) is 19.2. The number of benzene rings is 3. The van der Waals surface area contributed by atoms with Gasteiger partial charge in [-0.2, -0.15) is 0 Å². The Morgan fingerprint density at radius 1 is 0.971 bits per heavy atom. The molecule has 35 heavy (non-hydrogen) atoms. The van der Waals surface area contributed by atoms with Gasteiger partial charge in [0.15, 0.2) is 0 Å².